The molecule has 2 aromatic rings. The topological polar surface area (TPSA) is 81.0 Å². The third-order valence-electron chi connectivity index (χ3n) is 2.35. The van der Waals surface area contributed by atoms with Crippen LogP contribution in [0.5, 0.6) is 5.75 Å². The number of H-pyrrole nitrogens is 1. The van der Waals surface area contributed by atoms with Crippen molar-refractivity contribution in [2.24, 2.45) is 5.73 Å². The van der Waals surface area contributed by atoms with Crippen molar-refractivity contribution in [2.45, 2.75) is 6.92 Å². The van der Waals surface area contributed by atoms with Crippen LogP contribution in [0.25, 0.3) is 11.3 Å². The first-order valence-corrected chi connectivity index (χ1v) is 5.39. The Balaban J connectivity index is 2.33. The van der Waals surface area contributed by atoms with Gasteiger partial charge < -0.3 is 15.5 Å². The summed E-state index contributed by atoms with van der Waals surface area (Å²) in [4.78, 5) is 17.4. The van der Waals surface area contributed by atoms with E-state index in [9.17, 15) is 9.18 Å². The summed E-state index contributed by atoms with van der Waals surface area (Å²) in [5.74, 6) is -0.896. The standard InChI is InChI=1S/C12H12FN3O2/c1-2-18-10-4-3-7(5-8(10)13)9-6-15-12(16-9)11(14)17/h3-6H,2H2,1H3,(H2,14,17)(H,15,16). The van der Waals surface area contributed by atoms with Crippen molar-refractivity contribution in [3.05, 3.63) is 36.0 Å². The molecule has 18 heavy (non-hydrogen) atoms. The summed E-state index contributed by atoms with van der Waals surface area (Å²) in [6.07, 6.45) is 1.43. The maximum Gasteiger partial charge on any atom is 0.284 e. The highest BCUT2D eigenvalue weighted by Gasteiger charge is 2.10. The molecule has 1 heterocycles. The number of ether oxygens (including phenoxy) is 1. The maximum atomic E-state index is 13.6. The molecule has 0 spiro atoms. The lowest BCUT2D eigenvalue weighted by atomic mass is 10.1. The maximum absolute atomic E-state index is 13.6. The Hall–Kier alpha value is -2.37. The fraction of sp³-hybridized carbons (Fsp3) is 0.167. The van der Waals surface area contributed by atoms with Gasteiger partial charge in [-0.2, -0.15) is 0 Å². The van der Waals surface area contributed by atoms with Crippen molar-refractivity contribution in [2.75, 3.05) is 6.61 Å². The van der Waals surface area contributed by atoms with Crippen LogP contribution < -0.4 is 10.5 Å². The van der Waals surface area contributed by atoms with E-state index >= 15 is 0 Å². The Morgan fingerprint density at radius 2 is 2.33 bits per heavy atom. The van der Waals surface area contributed by atoms with E-state index < -0.39 is 11.7 Å². The van der Waals surface area contributed by atoms with Crippen molar-refractivity contribution >= 4 is 5.91 Å². The van der Waals surface area contributed by atoms with Crippen molar-refractivity contribution in [1.82, 2.24) is 9.97 Å². The van der Waals surface area contributed by atoms with E-state index in [0.29, 0.717) is 17.9 Å². The van der Waals surface area contributed by atoms with Gasteiger partial charge in [0.1, 0.15) is 0 Å². The first-order chi connectivity index (χ1) is 8.61. The van der Waals surface area contributed by atoms with Gasteiger partial charge in [0.25, 0.3) is 5.91 Å². The number of imidazole rings is 1. The first kappa shape index (κ1) is 12.1. The van der Waals surface area contributed by atoms with Crippen LogP contribution in [0.1, 0.15) is 17.5 Å². The fourth-order valence-corrected chi connectivity index (χ4v) is 1.53. The summed E-state index contributed by atoms with van der Waals surface area (Å²) >= 11 is 0. The highest BCUT2D eigenvalue weighted by atomic mass is 19.1. The van der Waals surface area contributed by atoms with Crippen LogP contribution in [0, 0.1) is 5.82 Å². The second-order valence-corrected chi connectivity index (χ2v) is 3.59. The van der Waals surface area contributed by atoms with E-state index in [-0.39, 0.29) is 11.6 Å². The highest BCUT2D eigenvalue weighted by Crippen LogP contribution is 2.24. The minimum absolute atomic E-state index is 0.0410. The second kappa shape index (κ2) is 4.87. The minimum Gasteiger partial charge on any atom is -0.491 e. The molecule has 2 rings (SSSR count). The molecule has 5 nitrogen and oxygen atoms in total. The zero-order valence-corrected chi connectivity index (χ0v) is 9.74. The SMILES string of the molecule is CCOc1ccc(-c2cnc(C(N)=O)[nH]2)cc1F. The highest BCUT2D eigenvalue weighted by molar-refractivity contribution is 5.89. The lowest BCUT2D eigenvalue weighted by molar-refractivity contribution is 0.0991. The van der Waals surface area contributed by atoms with Gasteiger partial charge in [0, 0.05) is 5.56 Å². The minimum atomic E-state index is -0.660. The van der Waals surface area contributed by atoms with Crippen molar-refractivity contribution in [3.63, 3.8) is 0 Å². The second-order valence-electron chi connectivity index (χ2n) is 3.59. The Kier molecular flexibility index (Phi) is 3.27. The molecule has 1 amide bonds. The molecule has 1 aromatic heterocycles. The predicted molar refractivity (Wildman–Crippen MR) is 63.7 cm³/mol. The summed E-state index contributed by atoms with van der Waals surface area (Å²) in [6, 6.07) is 4.51. The van der Waals surface area contributed by atoms with Gasteiger partial charge in [0.05, 0.1) is 18.5 Å². The summed E-state index contributed by atoms with van der Waals surface area (Å²) in [5, 5.41) is 0. The molecular formula is C12H12FN3O2. The number of halogens is 1. The van der Waals surface area contributed by atoms with Crippen LogP contribution in [-0.2, 0) is 0 Å². The largest absolute Gasteiger partial charge is 0.491 e. The molecule has 0 atom stereocenters. The number of nitrogens with two attached hydrogens (primary N) is 1. The number of primary amides is 1. The molecule has 3 N–H and O–H groups in total. The van der Waals surface area contributed by atoms with Gasteiger partial charge in [-0.15, -0.1) is 0 Å². The molecule has 94 valence electrons. The number of aromatic amines is 1. The molecule has 0 radical (unpaired) electrons. The van der Waals surface area contributed by atoms with Crippen LogP contribution in [0.3, 0.4) is 0 Å². The zero-order valence-electron chi connectivity index (χ0n) is 9.74. The van der Waals surface area contributed by atoms with Gasteiger partial charge in [0.15, 0.2) is 17.4 Å². The summed E-state index contributed by atoms with van der Waals surface area (Å²) < 4.78 is 18.7. The number of carbonyl (C=O) groups excluding carboxylic acids is 1. The van der Waals surface area contributed by atoms with Gasteiger partial charge in [0.2, 0.25) is 0 Å². The monoisotopic (exact) mass is 249 g/mol. The van der Waals surface area contributed by atoms with E-state index in [1.165, 1.54) is 18.3 Å². The van der Waals surface area contributed by atoms with Crippen LogP contribution in [-0.4, -0.2) is 22.5 Å². The van der Waals surface area contributed by atoms with Crippen molar-refractivity contribution in [3.8, 4) is 17.0 Å². The number of carbonyl (C=O) groups is 1. The number of hydrogen-bond acceptors (Lipinski definition) is 3. The van der Waals surface area contributed by atoms with Crippen molar-refractivity contribution in [1.29, 1.82) is 0 Å². The molecule has 0 saturated carbocycles. The molecule has 0 aliphatic carbocycles. The van der Waals surface area contributed by atoms with E-state index in [2.05, 4.69) is 9.97 Å². The Morgan fingerprint density at radius 1 is 1.56 bits per heavy atom. The van der Waals surface area contributed by atoms with Gasteiger partial charge in [-0.3, -0.25) is 4.79 Å². The van der Waals surface area contributed by atoms with Gasteiger partial charge in [-0.25, -0.2) is 9.37 Å². The van der Waals surface area contributed by atoms with Crippen LogP contribution in [0.15, 0.2) is 24.4 Å². The molecule has 0 unspecified atom stereocenters. The van der Waals surface area contributed by atoms with Crippen LogP contribution in [0.4, 0.5) is 4.39 Å². The quantitative estimate of drug-likeness (QED) is 0.865. The lowest BCUT2D eigenvalue weighted by Crippen LogP contribution is -2.12. The molecule has 0 aliphatic heterocycles. The smallest absolute Gasteiger partial charge is 0.284 e. The Bertz CT molecular complexity index is 580. The number of hydrogen-bond donors (Lipinski definition) is 2. The van der Waals surface area contributed by atoms with E-state index in [1.54, 1.807) is 13.0 Å². The average Bonchev–Trinajstić information content (AvgIpc) is 2.81. The molecule has 1 aromatic carbocycles. The number of benzene rings is 1. The lowest BCUT2D eigenvalue weighted by Gasteiger charge is -2.05. The predicted octanol–water partition coefficient (Wildman–Crippen LogP) is 1.71. The van der Waals surface area contributed by atoms with E-state index in [0.717, 1.165) is 0 Å². The molecule has 0 fully saturated rings. The molecule has 6 heteroatoms. The summed E-state index contributed by atoms with van der Waals surface area (Å²) in [5.41, 5.74) is 6.16. The molecule has 0 saturated heterocycles. The molecular weight excluding hydrogens is 237 g/mol. The van der Waals surface area contributed by atoms with Gasteiger partial charge in [-0.1, -0.05) is 0 Å². The third-order valence-corrected chi connectivity index (χ3v) is 2.35. The summed E-state index contributed by atoms with van der Waals surface area (Å²) in [6.45, 7) is 2.17. The summed E-state index contributed by atoms with van der Waals surface area (Å²) in [7, 11) is 0. The first-order valence-electron chi connectivity index (χ1n) is 5.39. The number of nitrogens with one attached hydrogen (secondary N) is 1. The third kappa shape index (κ3) is 2.32. The molecule has 0 aliphatic rings. The van der Waals surface area contributed by atoms with Gasteiger partial charge in [-0.05, 0) is 25.1 Å². The Labute approximate surface area is 103 Å². The van der Waals surface area contributed by atoms with Crippen LogP contribution in [0.2, 0.25) is 0 Å². The van der Waals surface area contributed by atoms with E-state index in [4.69, 9.17) is 10.5 Å². The average molecular weight is 249 g/mol. The normalized spacial score (nSPS) is 10.3. The van der Waals surface area contributed by atoms with E-state index in [1.807, 2.05) is 0 Å². The Morgan fingerprint density at radius 3 is 2.89 bits per heavy atom. The number of amides is 1. The zero-order chi connectivity index (χ0) is 13.1. The number of nitrogens with zero attached hydrogens (tertiary/aromatic N) is 1. The number of aromatic nitrogens is 2. The number of rotatable bonds is 4. The van der Waals surface area contributed by atoms with Crippen molar-refractivity contribution < 1.29 is 13.9 Å². The fourth-order valence-electron chi connectivity index (χ4n) is 1.53. The van der Waals surface area contributed by atoms with Gasteiger partial charge >= 0.3 is 0 Å². The molecule has 0 bridgehead atoms. The van der Waals surface area contributed by atoms with Crippen LogP contribution >= 0.6 is 0 Å².